The van der Waals surface area contributed by atoms with Crippen LogP contribution in [0.4, 0.5) is 5.69 Å². The third kappa shape index (κ3) is 4.24. The largest absolute Gasteiger partial charge is 0.497 e. The van der Waals surface area contributed by atoms with Crippen LogP contribution >= 0.6 is 0 Å². The molecule has 0 bridgehead atoms. The van der Waals surface area contributed by atoms with Crippen LogP contribution in [0.2, 0.25) is 0 Å². The van der Waals surface area contributed by atoms with Crippen molar-refractivity contribution in [2.75, 3.05) is 19.5 Å². The Hall–Kier alpha value is -2.49. The van der Waals surface area contributed by atoms with Crippen LogP contribution in [0.3, 0.4) is 0 Å². The summed E-state index contributed by atoms with van der Waals surface area (Å²) in [6.45, 7) is 0. The number of methoxy groups -OCH3 is 2. The van der Waals surface area contributed by atoms with Crippen molar-refractivity contribution in [1.29, 1.82) is 0 Å². The fourth-order valence-electron chi connectivity index (χ4n) is 2.08. The van der Waals surface area contributed by atoms with Gasteiger partial charge in [-0.1, -0.05) is 30.3 Å². The molecule has 1 unspecified atom stereocenters. The molecule has 0 radical (unpaired) electrons. The average molecular weight is 285 g/mol. The minimum Gasteiger partial charge on any atom is -0.497 e. The monoisotopic (exact) mass is 285 g/mol. The Bertz CT molecular complexity index is 566. The van der Waals surface area contributed by atoms with Gasteiger partial charge in [-0.2, -0.15) is 0 Å². The van der Waals surface area contributed by atoms with E-state index in [1.54, 1.807) is 7.11 Å². The van der Waals surface area contributed by atoms with Gasteiger partial charge >= 0.3 is 5.97 Å². The van der Waals surface area contributed by atoms with Crippen molar-refractivity contribution < 1.29 is 14.3 Å². The van der Waals surface area contributed by atoms with Gasteiger partial charge in [0.15, 0.2) is 0 Å². The molecule has 1 atom stereocenters. The van der Waals surface area contributed by atoms with Crippen LogP contribution in [0.5, 0.6) is 5.75 Å². The van der Waals surface area contributed by atoms with Crippen molar-refractivity contribution in [2.45, 2.75) is 12.5 Å². The molecule has 0 aromatic heterocycles. The molecule has 110 valence electrons. The molecule has 4 heteroatoms. The molecule has 0 aliphatic rings. The summed E-state index contributed by atoms with van der Waals surface area (Å²) in [5.41, 5.74) is 1.97. The molecular weight excluding hydrogens is 266 g/mol. The maximum absolute atomic E-state index is 11.6. The first-order valence-corrected chi connectivity index (χ1v) is 6.75. The van der Waals surface area contributed by atoms with Crippen LogP contribution in [0.15, 0.2) is 54.6 Å². The number of carbonyl (C=O) groups is 1. The normalized spacial score (nSPS) is 11.5. The summed E-state index contributed by atoms with van der Waals surface area (Å²) in [6.07, 6.45) is 0.270. The van der Waals surface area contributed by atoms with Gasteiger partial charge in [-0.05, 0) is 29.8 Å². The molecule has 0 aliphatic carbocycles. The van der Waals surface area contributed by atoms with Crippen molar-refractivity contribution in [2.24, 2.45) is 0 Å². The number of hydrogen-bond donors (Lipinski definition) is 1. The Morgan fingerprint density at radius 1 is 1.05 bits per heavy atom. The molecule has 0 spiro atoms. The smallest absolute Gasteiger partial charge is 0.307 e. The molecule has 0 saturated heterocycles. The Morgan fingerprint density at radius 2 is 1.71 bits per heavy atom. The summed E-state index contributed by atoms with van der Waals surface area (Å²) in [4.78, 5) is 11.6. The zero-order valence-corrected chi connectivity index (χ0v) is 12.2. The second-order valence-electron chi connectivity index (χ2n) is 4.62. The summed E-state index contributed by atoms with van der Waals surface area (Å²) in [5.74, 6) is 0.551. The number of nitrogens with one attached hydrogen (secondary N) is 1. The van der Waals surface area contributed by atoms with Crippen LogP contribution in [-0.2, 0) is 9.53 Å². The van der Waals surface area contributed by atoms with Crippen LogP contribution in [0.25, 0.3) is 0 Å². The van der Waals surface area contributed by atoms with Crippen molar-refractivity contribution in [3.63, 3.8) is 0 Å². The third-order valence-corrected chi connectivity index (χ3v) is 3.23. The van der Waals surface area contributed by atoms with Crippen molar-refractivity contribution in [1.82, 2.24) is 0 Å². The van der Waals surface area contributed by atoms with E-state index in [0.29, 0.717) is 0 Å². The van der Waals surface area contributed by atoms with Crippen molar-refractivity contribution >= 4 is 11.7 Å². The molecule has 0 aliphatic heterocycles. The Kier molecular flexibility index (Phi) is 5.21. The predicted molar refractivity (Wildman–Crippen MR) is 82.4 cm³/mol. The second kappa shape index (κ2) is 7.33. The molecule has 0 saturated carbocycles. The lowest BCUT2D eigenvalue weighted by Crippen LogP contribution is -2.16. The number of hydrogen-bond acceptors (Lipinski definition) is 4. The van der Waals surface area contributed by atoms with E-state index in [1.807, 2.05) is 54.6 Å². The molecule has 21 heavy (non-hydrogen) atoms. The topological polar surface area (TPSA) is 47.6 Å². The predicted octanol–water partition coefficient (Wildman–Crippen LogP) is 3.41. The molecule has 0 fully saturated rings. The van der Waals surface area contributed by atoms with Gasteiger partial charge < -0.3 is 14.8 Å². The second-order valence-corrected chi connectivity index (χ2v) is 4.62. The van der Waals surface area contributed by atoms with E-state index in [4.69, 9.17) is 9.47 Å². The Labute approximate surface area is 124 Å². The first-order chi connectivity index (χ1) is 10.2. The summed E-state index contributed by atoms with van der Waals surface area (Å²) in [6, 6.07) is 17.3. The summed E-state index contributed by atoms with van der Waals surface area (Å²) >= 11 is 0. The maximum Gasteiger partial charge on any atom is 0.307 e. The first-order valence-electron chi connectivity index (χ1n) is 6.75. The molecule has 0 amide bonds. The zero-order valence-electron chi connectivity index (χ0n) is 12.2. The lowest BCUT2D eigenvalue weighted by molar-refractivity contribution is -0.140. The third-order valence-electron chi connectivity index (χ3n) is 3.23. The van der Waals surface area contributed by atoms with E-state index < -0.39 is 0 Å². The van der Waals surface area contributed by atoms with Gasteiger partial charge in [-0.15, -0.1) is 0 Å². The van der Waals surface area contributed by atoms with E-state index in [9.17, 15) is 4.79 Å². The van der Waals surface area contributed by atoms with E-state index in [-0.39, 0.29) is 18.4 Å². The first kappa shape index (κ1) is 14.9. The van der Waals surface area contributed by atoms with Crippen molar-refractivity contribution in [3.8, 4) is 5.75 Å². The number of anilines is 1. The summed E-state index contributed by atoms with van der Waals surface area (Å²) in [7, 11) is 3.03. The standard InChI is InChI=1S/C17H19NO3/c1-20-15-10-8-14(9-11-15)18-16(12-17(19)21-2)13-6-4-3-5-7-13/h3-11,16,18H,12H2,1-2H3. The van der Waals surface area contributed by atoms with E-state index in [0.717, 1.165) is 17.0 Å². The van der Waals surface area contributed by atoms with Crippen molar-refractivity contribution in [3.05, 3.63) is 60.2 Å². The molecule has 2 aromatic rings. The number of rotatable bonds is 6. The lowest BCUT2D eigenvalue weighted by Gasteiger charge is -2.19. The van der Waals surface area contributed by atoms with E-state index >= 15 is 0 Å². The molecule has 1 N–H and O–H groups in total. The van der Waals surface area contributed by atoms with Crippen LogP contribution in [-0.4, -0.2) is 20.2 Å². The summed E-state index contributed by atoms with van der Waals surface area (Å²) in [5, 5.41) is 3.36. The number of carbonyl (C=O) groups excluding carboxylic acids is 1. The minimum atomic E-state index is -0.245. The highest BCUT2D eigenvalue weighted by atomic mass is 16.5. The van der Waals surface area contributed by atoms with Gasteiger partial charge in [-0.25, -0.2) is 0 Å². The van der Waals surface area contributed by atoms with Gasteiger partial charge in [0.25, 0.3) is 0 Å². The van der Waals surface area contributed by atoms with Crippen LogP contribution in [0, 0.1) is 0 Å². The van der Waals surface area contributed by atoms with E-state index in [2.05, 4.69) is 5.32 Å². The highest BCUT2D eigenvalue weighted by molar-refractivity contribution is 5.71. The summed E-state index contributed by atoms with van der Waals surface area (Å²) < 4.78 is 9.92. The van der Waals surface area contributed by atoms with Gasteiger partial charge in [0, 0.05) is 5.69 Å². The van der Waals surface area contributed by atoms with Gasteiger partial charge in [-0.3, -0.25) is 4.79 Å². The number of benzene rings is 2. The van der Waals surface area contributed by atoms with Crippen LogP contribution in [0.1, 0.15) is 18.0 Å². The molecule has 0 heterocycles. The lowest BCUT2D eigenvalue weighted by atomic mass is 10.0. The molecule has 2 rings (SSSR count). The van der Waals surface area contributed by atoms with Gasteiger partial charge in [0.2, 0.25) is 0 Å². The highest BCUT2D eigenvalue weighted by Gasteiger charge is 2.16. The maximum atomic E-state index is 11.6. The zero-order chi connectivity index (χ0) is 15.1. The molecular formula is C17H19NO3. The highest BCUT2D eigenvalue weighted by Crippen LogP contribution is 2.24. The Balaban J connectivity index is 2.16. The number of ether oxygens (including phenoxy) is 2. The van der Waals surface area contributed by atoms with E-state index in [1.165, 1.54) is 7.11 Å². The Morgan fingerprint density at radius 3 is 2.29 bits per heavy atom. The molecule has 4 nitrogen and oxygen atoms in total. The average Bonchev–Trinajstić information content (AvgIpc) is 2.55. The van der Waals surface area contributed by atoms with Gasteiger partial charge in [0.05, 0.1) is 26.7 Å². The quantitative estimate of drug-likeness (QED) is 0.826. The van der Waals surface area contributed by atoms with Crippen LogP contribution < -0.4 is 10.1 Å². The fourth-order valence-corrected chi connectivity index (χ4v) is 2.08. The SMILES string of the molecule is COC(=O)CC(Nc1ccc(OC)cc1)c1ccccc1. The molecule has 2 aromatic carbocycles. The minimum absolute atomic E-state index is 0.132. The number of esters is 1. The van der Waals surface area contributed by atoms with Gasteiger partial charge in [0.1, 0.15) is 5.75 Å². The fraction of sp³-hybridized carbons (Fsp3) is 0.235.